The van der Waals surface area contributed by atoms with Crippen LogP contribution in [0.3, 0.4) is 0 Å². The predicted molar refractivity (Wildman–Crippen MR) is 86.7 cm³/mol. The molecule has 2 nitrogen and oxygen atoms in total. The van der Waals surface area contributed by atoms with Crippen LogP contribution in [0.25, 0.3) is 0 Å². The lowest BCUT2D eigenvalue weighted by atomic mass is 9.52. The van der Waals surface area contributed by atoms with Gasteiger partial charge in [-0.15, -0.1) is 0 Å². The van der Waals surface area contributed by atoms with Gasteiger partial charge < -0.3 is 5.32 Å². The second-order valence-corrected chi connectivity index (χ2v) is 7.83. The van der Waals surface area contributed by atoms with E-state index in [0.29, 0.717) is 16.9 Å². The van der Waals surface area contributed by atoms with E-state index in [-0.39, 0.29) is 0 Å². The standard InChI is InChI=1S/C19H26N2/c1-2-18-9-5-12-21-13-11-19(17(18)21)14-6-3-4-7-15(14)20-16(19)8-10-18/h3-4,6-7,16-17,20H,2,5,8-13H2,1H3/t16-,17+,18+,19?/m1/s1. The van der Waals surface area contributed by atoms with Crippen LogP contribution in [0.15, 0.2) is 24.3 Å². The molecule has 112 valence electrons. The fourth-order valence-electron chi connectivity index (χ4n) is 6.60. The molecule has 3 heterocycles. The van der Waals surface area contributed by atoms with Gasteiger partial charge in [0.05, 0.1) is 0 Å². The van der Waals surface area contributed by atoms with Gasteiger partial charge in [-0.1, -0.05) is 25.1 Å². The summed E-state index contributed by atoms with van der Waals surface area (Å²) >= 11 is 0. The Morgan fingerprint density at radius 3 is 3.00 bits per heavy atom. The molecule has 1 N–H and O–H groups in total. The van der Waals surface area contributed by atoms with Crippen LogP contribution in [0.1, 0.15) is 51.0 Å². The number of anilines is 1. The zero-order valence-corrected chi connectivity index (χ0v) is 13.1. The molecule has 1 saturated carbocycles. The van der Waals surface area contributed by atoms with E-state index in [1.807, 2.05) is 0 Å². The minimum Gasteiger partial charge on any atom is -0.381 e. The second kappa shape index (κ2) is 4.04. The third kappa shape index (κ3) is 1.34. The molecule has 1 aliphatic carbocycles. The number of benzene rings is 1. The van der Waals surface area contributed by atoms with Crippen LogP contribution in [0, 0.1) is 5.41 Å². The highest BCUT2D eigenvalue weighted by molar-refractivity contribution is 5.64. The molecule has 3 aliphatic heterocycles. The van der Waals surface area contributed by atoms with Gasteiger partial charge in [0.25, 0.3) is 0 Å². The van der Waals surface area contributed by atoms with Crippen molar-refractivity contribution in [3.63, 3.8) is 0 Å². The van der Waals surface area contributed by atoms with E-state index in [0.717, 1.165) is 6.04 Å². The van der Waals surface area contributed by atoms with Crippen molar-refractivity contribution in [1.82, 2.24) is 4.90 Å². The third-order valence-corrected chi connectivity index (χ3v) is 7.38. The number of nitrogens with zero attached hydrogens (tertiary/aromatic N) is 1. The molecular formula is C19H26N2. The first-order valence-electron chi connectivity index (χ1n) is 8.90. The van der Waals surface area contributed by atoms with Gasteiger partial charge in [0.15, 0.2) is 0 Å². The molecule has 1 unspecified atom stereocenters. The Balaban J connectivity index is 1.72. The van der Waals surface area contributed by atoms with E-state index in [9.17, 15) is 0 Å². The lowest BCUT2D eigenvalue weighted by Crippen LogP contribution is -2.63. The SMILES string of the molecule is CC[C@]12CCCN3CCC4(c5ccccc5N[C@@H]4CC1)[C@@H]32. The number of para-hydroxylation sites is 1. The van der Waals surface area contributed by atoms with Crippen molar-refractivity contribution < 1.29 is 0 Å². The second-order valence-electron chi connectivity index (χ2n) is 7.83. The van der Waals surface area contributed by atoms with Crippen molar-refractivity contribution in [2.24, 2.45) is 5.41 Å². The molecule has 2 heteroatoms. The van der Waals surface area contributed by atoms with Crippen molar-refractivity contribution in [2.75, 3.05) is 18.4 Å². The number of nitrogens with one attached hydrogen (secondary N) is 1. The molecule has 1 aromatic rings. The number of hydrogen-bond acceptors (Lipinski definition) is 2. The smallest absolute Gasteiger partial charge is 0.0382 e. The predicted octanol–water partition coefficient (Wildman–Crippen LogP) is 3.78. The van der Waals surface area contributed by atoms with Crippen molar-refractivity contribution in [1.29, 1.82) is 0 Å². The van der Waals surface area contributed by atoms with Gasteiger partial charge in [-0.3, -0.25) is 4.90 Å². The van der Waals surface area contributed by atoms with E-state index in [1.54, 1.807) is 5.56 Å². The van der Waals surface area contributed by atoms with Crippen LogP contribution >= 0.6 is 0 Å². The highest BCUT2D eigenvalue weighted by Gasteiger charge is 2.65. The van der Waals surface area contributed by atoms with Gasteiger partial charge in [-0.05, 0) is 68.7 Å². The summed E-state index contributed by atoms with van der Waals surface area (Å²) in [6, 6.07) is 10.7. The molecule has 1 spiro atoms. The molecule has 21 heavy (non-hydrogen) atoms. The summed E-state index contributed by atoms with van der Waals surface area (Å²) in [4.78, 5) is 2.86. The summed E-state index contributed by atoms with van der Waals surface area (Å²) in [7, 11) is 0. The molecule has 0 bridgehead atoms. The average Bonchev–Trinajstić information content (AvgIpc) is 3.08. The maximum absolute atomic E-state index is 3.90. The summed E-state index contributed by atoms with van der Waals surface area (Å²) in [5.41, 5.74) is 4.07. The van der Waals surface area contributed by atoms with Gasteiger partial charge in [0, 0.05) is 23.2 Å². The molecular weight excluding hydrogens is 256 g/mol. The van der Waals surface area contributed by atoms with Crippen molar-refractivity contribution in [2.45, 2.75) is 62.9 Å². The Morgan fingerprint density at radius 1 is 1.19 bits per heavy atom. The molecule has 0 aromatic heterocycles. The van der Waals surface area contributed by atoms with E-state index in [1.165, 1.54) is 57.3 Å². The average molecular weight is 282 g/mol. The Morgan fingerprint density at radius 2 is 2.10 bits per heavy atom. The quantitative estimate of drug-likeness (QED) is 0.843. The Hall–Kier alpha value is -1.02. The molecule has 2 saturated heterocycles. The summed E-state index contributed by atoms with van der Waals surface area (Å²) in [5.74, 6) is 0. The van der Waals surface area contributed by atoms with Crippen molar-refractivity contribution in [3.8, 4) is 0 Å². The highest BCUT2D eigenvalue weighted by Crippen LogP contribution is 2.63. The number of hydrogen-bond donors (Lipinski definition) is 1. The number of piperidine rings is 1. The largest absolute Gasteiger partial charge is 0.381 e. The molecule has 3 fully saturated rings. The minimum atomic E-state index is 0.408. The van der Waals surface area contributed by atoms with Gasteiger partial charge in [-0.2, -0.15) is 0 Å². The zero-order chi connectivity index (χ0) is 14.1. The van der Waals surface area contributed by atoms with E-state index < -0.39 is 0 Å². The van der Waals surface area contributed by atoms with Gasteiger partial charge in [-0.25, -0.2) is 0 Å². The summed E-state index contributed by atoms with van der Waals surface area (Å²) in [5, 5.41) is 3.90. The van der Waals surface area contributed by atoms with Gasteiger partial charge >= 0.3 is 0 Å². The summed E-state index contributed by atoms with van der Waals surface area (Å²) < 4.78 is 0. The number of rotatable bonds is 1. The third-order valence-electron chi connectivity index (χ3n) is 7.38. The first-order chi connectivity index (χ1) is 10.3. The van der Waals surface area contributed by atoms with Crippen LogP contribution in [0.4, 0.5) is 5.69 Å². The first-order valence-corrected chi connectivity index (χ1v) is 8.90. The van der Waals surface area contributed by atoms with Crippen molar-refractivity contribution >= 4 is 5.69 Å². The monoisotopic (exact) mass is 282 g/mol. The lowest BCUT2D eigenvalue weighted by Gasteiger charge is -2.58. The van der Waals surface area contributed by atoms with Crippen molar-refractivity contribution in [3.05, 3.63) is 29.8 Å². The molecule has 1 aromatic carbocycles. The highest BCUT2D eigenvalue weighted by atomic mass is 15.2. The molecule has 0 amide bonds. The van der Waals surface area contributed by atoms with Crippen LogP contribution in [0.2, 0.25) is 0 Å². The molecule has 0 radical (unpaired) electrons. The minimum absolute atomic E-state index is 0.408. The lowest BCUT2D eigenvalue weighted by molar-refractivity contribution is -0.0309. The van der Waals surface area contributed by atoms with Gasteiger partial charge in [0.2, 0.25) is 0 Å². The fraction of sp³-hybridized carbons (Fsp3) is 0.684. The Kier molecular flexibility index (Phi) is 2.41. The number of fused-ring (bicyclic) bond motifs is 1. The molecule has 5 rings (SSSR count). The van der Waals surface area contributed by atoms with E-state index in [2.05, 4.69) is 41.4 Å². The molecule has 4 atom stereocenters. The summed E-state index contributed by atoms with van der Waals surface area (Å²) in [6.07, 6.45) is 8.41. The van der Waals surface area contributed by atoms with Crippen LogP contribution < -0.4 is 5.32 Å². The zero-order valence-electron chi connectivity index (χ0n) is 13.1. The van der Waals surface area contributed by atoms with Crippen LogP contribution in [0.5, 0.6) is 0 Å². The Labute approximate surface area is 127 Å². The summed E-state index contributed by atoms with van der Waals surface area (Å²) in [6.45, 7) is 5.10. The van der Waals surface area contributed by atoms with Crippen LogP contribution in [-0.2, 0) is 5.41 Å². The van der Waals surface area contributed by atoms with Gasteiger partial charge in [0.1, 0.15) is 0 Å². The maximum Gasteiger partial charge on any atom is 0.0382 e. The fourth-order valence-corrected chi connectivity index (χ4v) is 6.60. The van der Waals surface area contributed by atoms with E-state index in [4.69, 9.17) is 0 Å². The van der Waals surface area contributed by atoms with E-state index >= 15 is 0 Å². The van der Waals surface area contributed by atoms with Crippen LogP contribution in [-0.4, -0.2) is 30.1 Å². The topological polar surface area (TPSA) is 15.3 Å². The Bertz CT molecular complexity index is 583. The normalized spacial score (nSPS) is 43.9. The maximum atomic E-state index is 3.90. The molecule has 4 aliphatic rings. The first kappa shape index (κ1) is 12.5.